The first-order valence-corrected chi connectivity index (χ1v) is 8.42. The molecule has 2 heterocycles. The summed E-state index contributed by atoms with van der Waals surface area (Å²) in [6.07, 6.45) is 0.737. The van der Waals surface area contributed by atoms with Crippen LogP contribution in [0.25, 0.3) is 0 Å². The average molecular weight is 325 g/mol. The third-order valence-corrected chi connectivity index (χ3v) is 4.43. The third-order valence-electron chi connectivity index (χ3n) is 4.43. The van der Waals surface area contributed by atoms with Crippen LogP contribution in [0.15, 0.2) is 0 Å². The number of carbonyl (C=O) groups excluding carboxylic acids is 3. The van der Waals surface area contributed by atoms with E-state index in [1.54, 1.807) is 21.6 Å². The lowest BCUT2D eigenvalue weighted by Crippen LogP contribution is -2.55. The standard InChI is InChI=1S/C16H27N3O4/c1-4-23-16(22)18-7-5-17(6-8-18)14(20)15(21)19-10-12(2)9-13(3)11-19/h12-13H,4-11H2,1-3H3. The Hall–Kier alpha value is -1.79. The molecule has 0 aromatic rings. The Bertz CT molecular complexity index is 450. The summed E-state index contributed by atoms with van der Waals surface area (Å²) in [7, 11) is 0. The summed E-state index contributed by atoms with van der Waals surface area (Å²) < 4.78 is 4.95. The van der Waals surface area contributed by atoms with Gasteiger partial charge in [-0.25, -0.2) is 4.79 Å². The van der Waals surface area contributed by atoms with Gasteiger partial charge in [0.05, 0.1) is 6.61 Å². The number of amides is 3. The number of ether oxygens (including phenoxy) is 1. The van der Waals surface area contributed by atoms with Crippen molar-refractivity contribution in [2.75, 3.05) is 45.9 Å². The topological polar surface area (TPSA) is 70.2 Å². The fourth-order valence-corrected chi connectivity index (χ4v) is 3.41. The highest BCUT2D eigenvalue weighted by atomic mass is 16.6. The zero-order chi connectivity index (χ0) is 17.0. The molecule has 2 rings (SSSR count). The van der Waals surface area contributed by atoms with Crippen LogP contribution in [0.4, 0.5) is 4.79 Å². The minimum Gasteiger partial charge on any atom is -0.450 e. The van der Waals surface area contributed by atoms with Crippen molar-refractivity contribution in [1.82, 2.24) is 14.7 Å². The fourth-order valence-electron chi connectivity index (χ4n) is 3.41. The molecule has 0 radical (unpaired) electrons. The first kappa shape index (κ1) is 17.6. The van der Waals surface area contributed by atoms with Crippen LogP contribution < -0.4 is 0 Å². The third kappa shape index (κ3) is 4.36. The van der Waals surface area contributed by atoms with Crippen LogP contribution in [0.2, 0.25) is 0 Å². The zero-order valence-electron chi connectivity index (χ0n) is 14.3. The predicted octanol–water partition coefficient (Wildman–Crippen LogP) is 0.792. The maximum Gasteiger partial charge on any atom is 0.409 e. The Labute approximate surface area is 137 Å². The van der Waals surface area contributed by atoms with Gasteiger partial charge in [0.1, 0.15) is 0 Å². The highest BCUT2D eigenvalue weighted by Crippen LogP contribution is 2.21. The van der Waals surface area contributed by atoms with E-state index in [0.717, 1.165) is 6.42 Å². The van der Waals surface area contributed by atoms with Gasteiger partial charge in [0.25, 0.3) is 0 Å². The number of likely N-dealkylation sites (tertiary alicyclic amines) is 1. The second-order valence-electron chi connectivity index (χ2n) is 6.63. The summed E-state index contributed by atoms with van der Waals surface area (Å²) in [6, 6.07) is 0. The fraction of sp³-hybridized carbons (Fsp3) is 0.812. The minimum absolute atomic E-state index is 0.335. The Morgan fingerprint density at radius 2 is 1.35 bits per heavy atom. The maximum atomic E-state index is 12.4. The van der Waals surface area contributed by atoms with Crippen molar-refractivity contribution in [3.63, 3.8) is 0 Å². The molecule has 0 aromatic carbocycles. The van der Waals surface area contributed by atoms with Crippen LogP contribution >= 0.6 is 0 Å². The SMILES string of the molecule is CCOC(=O)N1CCN(C(=O)C(=O)N2CC(C)CC(C)C2)CC1. The van der Waals surface area contributed by atoms with E-state index < -0.39 is 11.8 Å². The highest BCUT2D eigenvalue weighted by Gasteiger charge is 2.33. The normalized spacial score (nSPS) is 25.3. The first-order valence-electron chi connectivity index (χ1n) is 8.42. The van der Waals surface area contributed by atoms with Gasteiger partial charge >= 0.3 is 17.9 Å². The van der Waals surface area contributed by atoms with Crippen LogP contribution in [0.5, 0.6) is 0 Å². The number of carbonyl (C=O) groups is 3. The predicted molar refractivity (Wildman–Crippen MR) is 84.7 cm³/mol. The van der Waals surface area contributed by atoms with Gasteiger partial charge in [-0.05, 0) is 25.2 Å². The van der Waals surface area contributed by atoms with E-state index >= 15 is 0 Å². The van der Waals surface area contributed by atoms with Crippen LogP contribution in [-0.4, -0.2) is 78.5 Å². The summed E-state index contributed by atoms with van der Waals surface area (Å²) in [6.45, 7) is 9.19. The summed E-state index contributed by atoms with van der Waals surface area (Å²) in [5.41, 5.74) is 0. The van der Waals surface area contributed by atoms with Crippen molar-refractivity contribution in [3.8, 4) is 0 Å². The second-order valence-corrected chi connectivity index (χ2v) is 6.63. The smallest absolute Gasteiger partial charge is 0.409 e. The second kappa shape index (κ2) is 7.66. The molecule has 3 amide bonds. The van der Waals surface area contributed by atoms with Crippen LogP contribution in [0.1, 0.15) is 27.2 Å². The molecule has 2 fully saturated rings. The molecule has 23 heavy (non-hydrogen) atoms. The number of hydrogen-bond acceptors (Lipinski definition) is 4. The zero-order valence-corrected chi connectivity index (χ0v) is 14.3. The molecule has 2 atom stereocenters. The molecule has 0 N–H and O–H groups in total. The van der Waals surface area contributed by atoms with Gasteiger partial charge in [-0.3, -0.25) is 9.59 Å². The Kier molecular flexibility index (Phi) is 5.85. The van der Waals surface area contributed by atoms with Crippen molar-refractivity contribution in [2.24, 2.45) is 11.8 Å². The molecule has 130 valence electrons. The van der Waals surface area contributed by atoms with E-state index in [0.29, 0.717) is 57.7 Å². The van der Waals surface area contributed by atoms with Crippen LogP contribution in [0.3, 0.4) is 0 Å². The summed E-state index contributed by atoms with van der Waals surface area (Å²) in [5.74, 6) is -0.00452. The van der Waals surface area contributed by atoms with Gasteiger partial charge in [-0.2, -0.15) is 0 Å². The lowest BCUT2D eigenvalue weighted by molar-refractivity contribution is -0.154. The van der Waals surface area contributed by atoms with E-state index in [4.69, 9.17) is 4.74 Å². The van der Waals surface area contributed by atoms with Crippen molar-refractivity contribution in [2.45, 2.75) is 27.2 Å². The van der Waals surface area contributed by atoms with Gasteiger partial charge in [0.15, 0.2) is 0 Å². The summed E-state index contributed by atoms with van der Waals surface area (Å²) in [4.78, 5) is 41.3. The van der Waals surface area contributed by atoms with Crippen molar-refractivity contribution < 1.29 is 19.1 Å². The lowest BCUT2D eigenvalue weighted by Gasteiger charge is -2.37. The number of piperazine rings is 1. The molecule has 2 unspecified atom stereocenters. The molecule has 0 saturated carbocycles. The molecule has 0 aromatic heterocycles. The van der Waals surface area contributed by atoms with Gasteiger partial charge in [0, 0.05) is 39.3 Å². The summed E-state index contributed by atoms with van der Waals surface area (Å²) >= 11 is 0. The van der Waals surface area contributed by atoms with Crippen molar-refractivity contribution in [1.29, 1.82) is 0 Å². The first-order chi connectivity index (χ1) is 10.9. The molecule has 2 aliphatic heterocycles. The molecule has 7 nitrogen and oxygen atoms in total. The monoisotopic (exact) mass is 325 g/mol. The molecule has 0 bridgehead atoms. The number of rotatable bonds is 1. The Morgan fingerprint density at radius 3 is 1.87 bits per heavy atom. The molecule has 7 heteroatoms. The number of hydrogen-bond donors (Lipinski definition) is 0. The molecule has 0 aliphatic carbocycles. The Balaban J connectivity index is 1.87. The average Bonchev–Trinajstić information content (AvgIpc) is 2.53. The van der Waals surface area contributed by atoms with E-state index in [9.17, 15) is 14.4 Å². The van der Waals surface area contributed by atoms with E-state index in [1.165, 1.54) is 0 Å². The van der Waals surface area contributed by atoms with E-state index in [2.05, 4.69) is 13.8 Å². The van der Waals surface area contributed by atoms with Gasteiger partial charge in [-0.15, -0.1) is 0 Å². The van der Waals surface area contributed by atoms with Gasteiger partial charge in [-0.1, -0.05) is 13.8 Å². The van der Waals surface area contributed by atoms with E-state index in [-0.39, 0.29) is 6.09 Å². The molecular weight excluding hydrogens is 298 g/mol. The van der Waals surface area contributed by atoms with Gasteiger partial charge in [0.2, 0.25) is 0 Å². The van der Waals surface area contributed by atoms with Gasteiger partial charge < -0.3 is 19.4 Å². The van der Waals surface area contributed by atoms with Crippen molar-refractivity contribution in [3.05, 3.63) is 0 Å². The maximum absolute atomic E-state index is 12.4. The minimum atomic E-state index is -0.449. The Morgan fingerprint density at radius 1 is 0.870 bits per heavy atom. The lowest BCUT2D eigenvalue weighted by atomic mass is 9.92. The quantitative estimate of drug-likeness (QED) is 0.669. The highest BCUT2D eigenvalue weighted by molar-refractivity contribution is 6.34. The number of piperidine rings is 1. The number of nitrogens with zero attached hydrogens (tertiary/aromatic N) is 3. The molecular formula is C16H27N3O4. The summed E-state index contributed by atoms with van der Waals surface area (Å²) in [5, 5.41) is 0. The molecule has 0 spiro atoms. The molecule has 2 saturated heterocycles. The molecule has 2 aliphatic rings. The van der Waals surface area contributed by atoms with Crippen LogP contribution in [0, 0.1) is 11.8 Å². The van der Waals surface area contributed by atoms with E-state index in [1.807, 2.05) is 0 Å². The van der Waals surface area contributed by atoms with Crippen LogP contribution in [-0.2, 0) is 14.3 Å². The largest absolute Gasteiger partial charge is 0.450 e. The van der Waals surface area contributed by atoms with Crippen molar-refractivity contribution >= 4 is 17.9 Å².